The third kappa shape index (κ3) is 3.98. The Kier molecular flexibility index (Phi) is 5.37. The van der Waals surface area contributed by atoms with Crippen LogP contribution in [0.2, 0.25) is 0 Å². The number of benzene rings is 2. The van der Waals surface area contributed by atoms with E-state index in [-0.39, 0.29) is 5.78 Å². The number of carbonyl (C=O) groups excluding carboxylic acids is 1. The predicted octanol–water partition coefficient (Wildman–Crippen LogP) is 4.30. The Morgan fingerprint density at radius 2 is 1.86 bits per heavy atom. The summed E-state index contributed by atoms with van der Waals surface area (Å²) in [5.74, 6) is 1.59. The van der Waals surface area contributed by atoms with Crippen molar-refractivity contribution in [1.82, 2.24) is 0 Å². The fraction of sp³-hybridized carbons (Fsp3) is 0.211. The highest BCUT2D eigenvalue weighted by molar-refractivity contribution is 6.07. The summed E-state index contributed by atoms with van der Waals surface area (Å²) < 4.78 is 10.6. The van der Waals surface area contributed by atoms with Gasteiger partial charge in [-0.1, -0.05) is 18.2 Å². The molecule has 0 spiro atoms. The van der Waals surface area contributed by atoms with Crippen LogP contribution in [0.3, 0.4) is 0 Å². The SMILES string of the molecule is CCOc1ccc(/C=C/C(=O)c2ccc(OC)c(C)c2)cc1. The summed E-state index contributed by atoms with van der Waals surface area (Å²) >= 11 is 0. The van der Waals surface area contributed by atoms with Crippen molar-refractivity contribution < 1.29 is 14.3 Å². The predicted molar refractivity (Wildman–Crippen MR) is 88.7 cm³/mol. The standard InChI is InChI=1S/C19H20O3/c1-4-22-17-9-5-15(6-10-17)7-11-18(20)16-8-12-19(21-3)14(2)13-16/h5-13H,4H2,1-3H3/b11-7+. The minimum absolute atomic E-state index is 0.0281. The van der Waals surface area contributed by atoms with Crippen LogP contribution in [-0.2, 0) is 0 Å². The Morgan fingerprint density at radius 3 is 2.45 bits per heavy atom. The summed E-state index contributed by atoms with van der Waals surface area (Å²) in [6.45, 7) is 4.51. The molecule has 3 nitrogen and oxygen atoms in total. The van der Waals surface area contributed by atoms with E-state index in [0.717, 1.165) is 22.6 Å². The quantitative estimate of drug-likeness (QED) is 0.589. The molecule has 114 valence electrons. The van der Waals surface area contributed by atoms with Crippen LogP contribution in [0, 0.1) is 6.92 Å². The van der Waals surface area contributed by atoms with Gasteiger partial charge in [0.15, 0.2) is 5.78 Å². The third-order valence-electron chi connectivity index (χ3n) is 3.30. The molecule has 22 heavy (non-hydrogen) atoms. The van der Waals surface area contributed by atoms with E-state index in [1.54, 1.807) is 25.3 Å². The van der Waals surface area contributed by atoms with Gasteiger partial charge < -0.3 is 9.47 Å². The lowest BCUT2D eigenvalue weighted by atomic mass is 10.1. The number of rotatable bonds is 6. The van der Waals surface area contributed by atoms with E-state index in [0.29, 0.717) is 12.2 Å². The number of hydrogen-bond acceptors (Lipinski definition) is 3. The molecule has 0 fully saturated rings. The smallest absolute Gasteiger partial charge is 0.185 e. The summed E-state index contributed by atoms with van der Waals surface area (Å²) in [4.78, 5) is 12.2. The first-order valence-electron chi connectivity index (χ1n) is 7.24. The molecule has 0 atom stereocenters. The fourth-order valence-corrected chi connectivity index (χ4v) is 2.14. The Labute approximate surface area is 131 Å². The van der Waals surface area contributed by atoms with E-state index in [1.807, 2.05) is 50.2 Å². The third-order valence-corrected chi connectivity index (χ3v) is 3.30. The molecular weight excluding hydrogens is 276 g/mol. The summed E-state index contributed by atoms with van der Waals surface area (Å²) in [7, 11) is 1.62. The van der Waals surface area contributed by atoms with Gasteiger partial charge in [-0.05, 0) is 61.4 Å². The van der Waals surface area contributed by atoms with E-state index in [2.05, 4.69) is 0 Å². The molecule has 0 aliphatic carbocycles. The minimum Gasteiger partial charge on any atom is -0.496 e. The Hall–Kier alpha value is -2.55. The van der Waals surface area contributed by atoms with E-state index in [1.165, 1.54) is 0 Å². The molecule has 0 N–H and O–H groups in total. The molecule has 0 saturated heterocycles. The van der Waals surface area contributed by atoms with Gasteiger partial charge >= 0.3 is 0 Å². The first kappa shape index (κ1) is 15.8. The van der Waals surface area contributed by atoms with Gasteiger partial charge in [0.25, 0.3) is 0 Å². The molecule has 0 heterocycles. The van der Waals surface area contributed by atoms with Crippen molar-refractivity contribution in [2.24, 2.45) is 0 Å². The lowest BCUT2D eigenvalue weighted by molar-refractivity contribution is 0.104. The Balaban J connectivity index is 2.09. The van der Waals surface area contributed by atoms with Crippen LogP contribution in [0.1, 0.15) is 28.4 Å². The molecule has 2 rings (SSSR count). The van der Waals surface area contributed by atoms with Crippen LogP contribution in [0.15, 0.2) is 48.5 Å². The van der Waals surface area contributed by atoms with E-state index in [4.69, 9.17) is 9.47 Å². The van der Waals surface area contributed by atoms with E-state index >= 15 is 0 Å². The highest BCUT2D eigenvalue weighted by Gasteiger charge is 2.05. The number of carbonyl (C=O) groups is 1. The normalized spacial score (nSPS) is 10.7. The van der Waals surface area contributed by atoms with Crippen molar-refractivity contribution in [2.45, 2.75) is 13.8 Å². The maximum absolute atomic E-state index is 12.2. The van der Waals surface area contributed by atoms with Crippen LogP contribution in [0.4, 0.5) is 0 Å². The van der Waals surface area contributed by atoms with Crippen LogP contribution in [0.25, 0.3) is 6.08 Å². The molecule has 0 bridgehead atoms. The second kappa shape index (κ2) is 7.46. The second-order valence-electron chi connectivity index (χ2n) is 4.88. The number of ketones is 1. The molecule has 0 unspecified atom stereocenters. The number of methoxy groups -OCH3 is 1. The first-order chi connectivity index (χ1) is 10.6. The largest absolute Gasteiger partial charge is 0.496 e. The van der Waals surface area contributed by atoms with Gasteiger partial charge in [-0.3, -0.25) is 4.79 Å². The molecule has 0 aliphatic rings. The number of ether oxygens (including phenoxy) is 2. The van der Waals surface area contributed by atoms with Gasteiger partial charge in [0.2, 0.25) is 0 Å². The van der Waals surface area contributed by atoms with Gasteiger partial charge in [-0.15, -0.1) is 0 Å². The zero-order valence-corrected chi connectivity index (χ0v) is 13.1. The average Bonchev–Trinajstić information content (AvgIpc) is 2.54. The van der Waals surface area contributed by atoms with Crippen LogP contribution in [0.5, 0.6) is 11.5 Å². The summed E-state index contributed by atoms with van der Waals surface area (Å²) in [6, 6.07) is 13.1. The Bertz CT molecular complexity index is 670. The van der Waals surface area contributed by atoms with Crippen molar-refractivity contribution in [2.75, 3.05) is 13.7 Å². The molecule has 2 aromatic carbocycles. The van der Waals surface area contributed by atoms with Gasteiger partial charge in [0.1, 0.15) is 11.5 Å². The fourth-order valence-electron chi connectivity index (χ4n) is 2.14. The molecule has 2 aromatic rings. The van der Waals surface area contributed by atoms with E-state index < -0.39 is 0 Å². The zero-order chi connectivity index (χ0) is 15.9. The molecular formula is C19H20O3. The maximum Gasteiger partial charge on any atom is 0.185 e. The molecule has 3 heteroatoms. The van der Waals surface area contributed by atoms with Crippen molar-refractivity contribution >= 4 is 11.9 Å². The summed E-state index contributed by atoms with van der Waals surface area (Å²) in [5.41, 5.74) is 2.56. The molecule has 0 aliphatic heterocycles. The van der Waals surface area contributed by atoms with Crippen LogP contribution >= 0.6 is 0 Å². The number of hydrogen-bond donors (Lipinski definition) is 0. The molecule has 0 radical (unpaired) electrons. The molecule has 0 amide bonds. The van der Waals surface area contributed by atoms with E-state index in [9.17, 15) is 4.79 Å². The van der Waals surface area contributed by atoms with Crippen molar-refractivity contribution in [3.05, 3.63) is 65.2 Å². The second-order valence-corrected chi connectivity index (χ2v) is 4.88. The number of aryl methyl sites for hydroxylation is 1. The summed E-state index contributed by atoms with van der Waals surface area (Å²) in [6.07, 6.45) is 3.38. The van der Waals surface area contributed by atoms with Crippen molar-refractivity contribution in [3.8, 4) is 11.5 Å². The summed E-state index contributed by atoms with van der Waals surface area (Å²) in [5, 5.41) is 0. The monoisotopic (exact) mass is 296 g/mol. The lowest BCUT2D eigenvalue weighted by Gasteiger charge is -2.05. The van der Waals surface area contributed by atoms with Gasteiger partial charge in [-0.2, -0.15) is 0 Å². The zero-order valence-electron chi connectivity index (χ0n) is 13.1. The van der Waals surface area contributed by atoms with Crippen LogP contribution < -0.4 is 9.47 Å². The minimum atomic E-state index is -0.0281. The average molecular weight is 296 g/mol. The number of allylic oxidation sites excluding steroid dienone is 1. The van der Waals surface area contributed by atoms with Crippen LogP contribution in [-0.4, -0.2) is 19.5 Å². The highest BCUT2D eigenvalue weighted by Crippen LogP contribution is 2.19. The van der Waals surface area contributed by atoms with Gasteiger partial charge in [-0.25, -0.2) is 0 Å². The molecule has 0 aromatic heterocycles. The van der Waals surface area contributed by atoms with Crippen molar-refractivity contribution in [3.63, 3.8) is 0 Å². The highest BCUT2D eigenvalue weighted by atomic mass is 16.5. The lowest BCUT2D eigenvalue weighted by Crippen LogP contribution is -1.96. The van der Waals surface area contributed by atoms with Gasteiger partial charge in [0, 0.05) is 5.56 Å². The topological polar surface area (TPSA) is 35.5 Å². The van der Waals surface area contributed by atoms with Crippen molar-refractivity contribution in [1.29, 1.82) is 0 Å². The maximum atomic E-state index is 12.2. The Morgan fingerprint density at radius 1 is 1.14 bits per heavy atom. The molecule has 0 saturated carbocycles. The van der Waals surface area contributed by atoms with Gasteiger partial charge in [0.05, 0.1) is 13.7 Å². The first-order valence-corrected chi connectivity index (χ1v) is 7.24.